The highest BCUT2D eigenvalue weighted by molar-refractivity contribution is 6.30. The molecule has 9 heteroatoms. The van der Waals surface area contributed by atoms with E-state index >= 15 is 0 Å². The van der Waals surface area contributed by atoms with Crippen molar-refractivity contribution >= 4 is 17.4 Å². The average Bonchev–Trinajstić information content (AvgIpc) is 2.73. The molecule has 0 unspecified atom stereocenters. The van der Waals surface area contributed by atoms with Gasteiger partial charge in [-0.05, 0) is 53.1 Å². The molecule has 0 fully saturated rings. The van der Waals surface area contributed by atoms with Crippen LogP contribution in [0, 0.1) is 11.7 Å². The topological polar surface area (TPSA) is 125 Å². The van der Waals surface area contributed by atoms with Crippen molar-refractivity contribution in [2.75, 3.05) is 6.61 Å². The van der Waals surface area contributed by atoms with Gasteiger partial charge in [0.1, 0.15) is 17.6 Å². The lowest BCUT2D eigenvalue weighted by molar-refractivity contribution is -0.120. The molecule has 3 atom stereocenters. The van der Waals surface area contributed by atoms with Crippen LogP contribution in [0.2, 0.25) is 5.02 Å². The van der Waals surface area contributed by atoms with Crippen molar-refractivity contribution < 1.29 is 14.3 Å². The number of hydrogen-bond donors (Lipinski definition) is 2. The highest BCUT2D eigenvalue weighted by Gasteiger charge is 2.31. The molecule has 7 nitrogen and oxygen atoms in total. The van der Waals surface area contributed by atoms with E-state index in [4.69, 9.17) is 28.0 Å². The monoisotopic (exact) mass is 447 g/mol. The molecule has 0 radical (unpaired) electrons. The molecule has 0 bridgehead atoms. The van der Waals surface area contributed by atoms with Crippen LogP contribution in [0.4, 0.5) is 4.39 Å². The number of nitrogens with two attached hydrogens (primary N) is 1. The number of halogens is 2. The predicted octanol–water partition coefficient (Wildman–Crippen LogP) is 4.36. The summed E-state index contributed by atoms with van der Waals surface area (Å²) in [7, 11) is 0. The normalized spacial score (nSPS) is 14.0. The highest BCUT2D eigenvalue weighted by Crippen LogP contribution is 2.32. The fourth-order valence-corrected chi connectivity index (χ4v) is 3.78. The number of aromatic nitrogens is 1. The minimum Gasteiger partial charge on any atom is -0.395 e. The van der Waals surface area contributed by atoms with Gasteiger partial charge < -0.3 is 10.8 Å². The van der Waals surface area contributed by atoms with Crippen molar-refractivity contribution in [3.63, 3.8) is 0 Å². The summed E-state index contributed by atoms with van der Waals surface area (Å²) >= 11 is 5.99. The molecule has 0 aliphatic rings. The zero-order valence-corrected chi connectivity index (χ0v) is 18.3. The molecule has 0 saturated heterocycles. The van der Waals surface area contributed by atoms with Crippen LogP contribution < -0.4 is 5.73 Å². The van der Waals surface area contributed by atoms with E-state index in [-0.39, 0.29) is 37.1 Å². The molecule has 0 aliphatic heterocycles. The maximum absolute atomic E-state index is 14.4. The van der Waals surface area contributed by atoms with Crippen molar-refractivity contribution in [2.45, 2.75) is 51.1 Å². The Hall–Kier alpha value is -2.51. The minimum atomic E-state index is -0.970. The third-order valence-corrected chi connectivity index (χ3v) is 5.53. The Bertz CT molecular complexity index is 932. The van der Waals surface area contributed by atoms with Crippen LogP contribution in [0.25, 0.3) is 10.4 Å². The third-order valence-electron chi connectivity index (χ3n) is 5.28. The summed E-state index contributed by atoms with van der Waals surface area (Å²) in [4.78, 5) is 20.0. The van der Waals surface area contributed by atoms with Gasteiger partial charge in [0, 0.05) is 34.5 Å². The minimum absolute atomic E-state index is 0.00622. The van der Waals surface area contributed by atoms with Gasteiger partial charge in [0.05, 0.1) is 12.8 Å². The maximum atomic E-state index is 14.4. The van der Waals surface area contributed by atoms with Gasteiger partial charge in [-0.1, -0.05) is 42.7 Å². The average molecular weight is 448 g/mol. The van der Waals surface area contributed by atoms with E-state index in [1.807, 2.05) is 26.0 Å². The first-order valence-electron chi connectivity index (χ1n) is 10.1. The van der Waals surface area contributed by atoms with Crippen molar-refractivity contribution in [2.24, 2.45) is 16.8 Å². The standard InChI is InChI=1S/C22H27ClFN5O2/c1-13(2)21(14-3-5-16(23)6-4-14)22(28-29-26)20(31)9-15-10-27-11-19(24)18(15)8-7-17(25)12-30/h3-6,10-11,13,17,21-22,30H,7-9,12,25H2,1-2H3/t17-,21+,22+/m0/s1. The second kappa shape index (κ2) is 11.8. The van der Waals surface area contributed by atoms with Crippen LogP contribution >= 0.6 is 11.6 Å². The lowest BCUT2D eigenvalue weighted by Crippen LogP contribution is -2.31. The molecule has 2 aromatic rings. The number of rotatable bonds is 11. The van der Waals surface area contributed by atoms with E-state index in [0.29, 0.717) is 22.6 Å². The summed E-state index contributed by atoms with van der Waals surface area (Å²) < 4.78 is 14.4. The van der Waals surface area contributed by atoms with Crippen molar-refractivity contribution in [3.8, 4) is 0 Å². The number of aliphatic hydroxyl groups excluding tert-OH is 1. The number of hydrogen-bond acceptors (Lipinski definition) is 5. The number of ketones is 1. The van der Waals surface area contributed by atoms with E-state index in [2.05, 4.69) is 15.0 Å². The Balaban J connectivity index is 2.35. The van der Waals surface area contributed by atoms with Gasteiger partial charge in [0.2, 0.25) is 0 Å². The molecule has 2 rings (SSSR count). The second-order valence-electron chi connectivity index (χ2n) is 7.85. The Labute approximate surface area is 186 Å². The van der Waals surface area contributed by atoms with Crippen molar-refractivity contribution in [1.29, 1.82) is 0 Å². The fourth-order valence-electron chi connectivity index (χ4n) is 3.66. The molecule has 31 heavy (non-hydrogen) atoms. The molecule has 0 spiro atoms. The molecular formula is C22H27ClFN5O2. The summed E-state index contributed by atoms with van der Waals surface area (Å²) in [5.74, 6) is -1.23. The summed E-state index contributed by atoms with van der Waals surface area (Å²) in [5.41, 5.74) is 16.4. The number of nitrogens with zero attached hydrogens (tertiary/aromatic N) is 4. The van der Waals surface area contributed by atoms with Gasteiger partial charge in [-0.25, -0.2) is 4.39 Å². The van der Waals surface area contributed by atoms with Crippen LogP contribution in [0.3, 0.4) is 0 Å². The van der Waals surface area contributed by atoms with Crippen LogP contribution in [0.5, 0.6) is 0 Å². The number of benzene rings is 1. The highest BCUT2D eigenvalue weighted by atomic mass is 35.5. The van der Waals surface area contributed by atoms with Gasteiger partial charge in [-0.2, -0.15) is 0 Å². The number of pyridine rings is 1. The lowest BCUT2D eigenvalue weighted by atomic mass is 9.80. The van der Waals surface area contributed by atoms with E-state index in [1.54, 1.807) is 12.1 Å². The van der Waals surface area contributed by atoms with Gasteiger partial charge in [0.15, 0.2) is 0 Å². The number of carbonyl (C=O) groups is 1. The summed E-state index contributed by atoms with van der Waals surface area (Å²) in [6.07, 6.45) is 3.02. The Morgan fingerprint density at radius 1 is 1.32 bits per heavy atom. The SMILES string of the molecule is CC(C)[C@H](c1ccc(Cl)cc1)[C@H](N=[N+]=[N-])C(=O)Cc1cncc(F)c1CC[C@H](N)CO. The van der Waals surface area contributed by atoms with Crippen molar-refractivity contribution in [3.05, 3.63) is 74.6 Å². The Kier molecular flexibility index (Phi) is 9.40. The smallest absolute Gasteiger partial charge is 0.146 e. The molecular weight excluding hydrogens is 421 g/mol. The van der Waals surface area contributed by atoms with E-state index < -0.39 is 17.9 Å². The second-order valence-corrected chi connectivity index (χ2v) is 8.29. The van der Waals surface area contributed by atoms with Gasteiger partial charge in [-0.3, -0.25) is 9.78 Å². The number of azide groups is 1. The zero-order chi connectivity index (χ0) is 23.0. The number of carbonyl (C=O) groups excluding carboxylic acids is 1. The third kappa shape index (κ3) is 6.74. The maximum Gasteiger partial charge on any atom is 0.146 e. The molecule has 166 valence electrons. The van der Waals surface area contributed by atoms with Crippen molar-refractivity contribution in [1.82, 2.24) is 4.98 Å². The molecule has 0 saturated carbocycles. The van der Waals surface area contributed by atoms with Crippen LogP contribution in [0.1, 0.15) is 42.9 Å². The number of aliphatic hydroxyl groups is 1. The van der Waals surface area contributed by atoms with Crippen LogP contribution in [-0.2, 0) is 17.6 Å². The van der Waals surface area contributed by atoms with E-state index in [1.165, 1.54) is 6.20 Å². The van der Waals surface area contributed by atoms with Gasteiger partial charge in [-0.15, -0.1) is 0 Å². The zero-order valence-electron chi connectivity index (χ0n) is 17.6. The molecule has 1 aromatic carbocycles. The lowest BCUT2D eigenvalue weighted by Gasteiger charge is -2.27. The molecule has 0 aliphatic carbocycles. The predicted molar refractivity (Wildman–Crippen MR) is 118 cm³/mol. The van der Waals surface area contributed by atoms with Crippen LogP contribution in [-0.4, -0.2) is 34.6 Å². The van der Waals surface area contributed by atoms with E-state index in [0.717, 1.165) is 11.8 Å². The first-order valence-corrected chi connectivity index (χ1v) is 10.5. The molecule has 0 amide bonds. The summed E-state index contributed by atoms with van der Waals surface area (Å²) in [6.45, 7) is 3.67. The van der Waals surface area contributed by atoms with Crippen LogP contribution in [0.15, 0.2) is 41.8 Å². The molecule has 1 aromatic heterocycles. The Morgan fingerprint density at radius 2 is 2.00 bits per heavy atom. The fraction of sp³-hybridized carbons (Fsp3) is 0.455. The largest absolute Gasteiger partial charge is 0.395 e. The molecule has 1 heterocycles. The molecule has 3 N–H and O–H groups in total. The summed E-state index contributed by atoms with van der Waals surface area (Å²) in [5, 5.41) is 13.5. The first kappa shape index (κ1) is 24.8. The number of Topliss-reactive ketones (excluding diaryl/α,β-unsaturated/α-hetero) is 1. The quantitative estimate of drug-likeness (QED) is 0.301. The van der Waals surface area contributed by atoms with Gasteiger partial charge >= 0.3 is 0 Å². The first-order chi connectivity index (χ1) is 14.8. The van der Waals surface area contributed by atoms with Gasteiger partial charge in [0.25, 0.3) is 0 Å². The Morgan fingerprint density at radius 3 is 2.58 bits per heavy atom. The van der Waals surface area contributed by atoms with E-state index in [9.17, 15) is 9.18 Å². The summed E-state index contributed by atoms with van der Waals surface area (Å²) in [6, 6.07) is 5.62.